The van der Waals surface area contributed by atoms with Crippen molar-refractivity contribution >= 4 is 27.4 Å². The SMILES string of the molecule is CC(C)CNCCN(C)c1snc2ccccc12. The van der Waals surface area contributed by atoms with Crippen molar-refractivity contribution in [1.29, 1.82) is 0 Å². The van der Waals surface area contributed by atoms with Gasteiger partial charge in [0.2, 0.25) is 0 Å². The molecule has 2 aromatic rings. The average molecular weight is 263 g/mol. The van der Waals surface area contributed by atoms with Crippen molar-refractivity contribution < 1.29 is 0 Å². The van der Waals surface area contributed by atoms with E-state index in [1.807, 2.05) is 6.07 Å². The van der Waals surface area contributed by atoms with Crippen LogP contribution in [0, 0.1) is 5.92 Å². The second kappa shape index (κ2) is 6.16. The summed E-state index contributed by atoms with van der Waals surface area (Å²) in [4.78, 5) is 2.29. The predicted octanol–water partition coefficient (Wildman–Crippen LogP) is 2.98. The molecule has 4 heteroatoms. The Hall–Kier alpha value is -1.13. The van der Waals surface area contributed by atoms with Crippen molar-refractivity contribution in [3.05, 3.63) is 24.3 Å². The summed E-state index contributed by atoms with van der Waals surface area (Å²) in [6.45, 7) is 7.57. The highest BCUT2D eigenvalue weighted by atomic mass is 32.1. The fraction of sp³-hybridized carbons (Fsp3) is 0.500. The van der Waals surface area contributed by atoms with Crippen LogP contribution in [-0.2, 0) is 0 Å². The Morgan fingerprint density at radius 1 is 1.33 bits per heavy atom. The number of nitrogens with one attached hydrogen (secondary N) is 1. The summed E-state index contributed by atoms with van der Waals surface area (Å²) in [6.07, 6.45) is 0. The van der Waals surface area contributed by atoms with Crippen molar-refractivity contribution in [3.63, 3.8) is 0 Å². The Morgan fingerprint density at radius 3 is 2.89 bits per heavy atom. The third kappa shape index (κ3) is 3.21. The molecule has 0 aliphatic rings. The molecular weight excluding hydrogens is 242 g/mol. The number of benzene rings is 1. The monoisotopic (exact) mass is 263 g/mol. The number of anilines is 1. The molecular formula is C14H21N3S. The molecule has 0 radical (unpaired) electrons. The molecule has 0 amide bonds. The molecule has 0 spiro atoms. The first-order valence-corrected chi connectivity index (χ1v) is 7.22. The van der Waals surface area contributed by atoms with Gasteiger partial charge in [0.05, 0.1) is 5.52 Å². The van der Waals surface area contributed by atoms with Crippen LogP contribution in [0.2, 0.25) is 0 Å². The van der Waals surface area contributed by atoms with E-state index in [0.29, 0.717) is 5.92 Å². The normalized spacial score (nSPS) is 11.3. The lowest BCUT2D eigenvalue weighted by atomic mass is 10.2. The fourth-order valence-corrected chi connectivity index (χ4v) is 2.74. The summed E-state index contributed by atoms with van der Waals surface area (Å²) >= 11 is 1.58. The van der Waals surface area contributed by atoms with Crippen LogP contribution < -0.4 is 10.2 Å². The summed E-state index contributed by atoms with van der Waals surface area (Å²) in [5, 5.41) is 5.99. The minimum Gasteiger partial charge on any atom is -0.363 e. The van der Waals surface area contributed by atoms with E-state index >= 15 is 0 Å². The van der Waals surface area contributed by atoms with Gasteiger partial charge in [0.25, 0.3) is 0 Å². The Balaban J connectivity index is 1.94. The molecule has 0 unspecified atom stereocenters. The Bertz CT molecular complexity index is 492. The largest absolute Gasteiger partial charge is 0.363 e. The molecule has 0 bridgehead atoms. The molecule has 0 saturated carbocycles. The lowest BCUT2D eigenvalue weighted by molar-refractivity contribution is 0.555. The summed E-state index contributed by atoms with van der Waals surface area (Å²) in [5.74, 6) is 0.708. The molecule has 1 aromatic heterocycles. The van der Waals surface area contributed by atoms with Gasteiger partial charge in [-0.05, 0) is 36.1 Å². The van der Waals surface area contributed by atoms with E-state index in [1.54, 1.807) is 11.5 Å². The van der Waals surface area contributed by atoms with E-state index in [4.69, 9.17) is 0 Å². The zero-order valence-electron chi connectivity index (χ0n) is 11.3. The van der Waals surface area contributed by atoms with Crippen LogP contribution in [0.3, 0.4) is 0 Å². The molecule has 18 heavy (non-hydrogen) atoms. The van der Waals surface area contributed by atoms with Crippen molar-refractivity contribution in [2.45, 2.75) is 13.8 Å². The van der Waals surface area contributed by atoms with Crippen LogP contribution in [-0.4, -0.2) is 31.1 Å². The van der Waals surface area contributed by atoms with Gasteiger partial charge >= 0.3 is 0 Å². The van der Waals surface area contributed by atoms with E-state index in [-0.39, 0.29) is 0 Å². The second-order valence-electron chi connectivity index (χ2n) is 5.02. The molecule has 0 fully saturated rings. The van der Waals surface area contributed by atoms with Gasteiger partial charge in [-0.15, -0.1) is 0 Å². The van der Waals surface area contributed by atoms with Gasteiger partial charge in [0, 0.05) is 25.5 Å². The first kappa shape index (κ1) is 13.3. The molecule has 0 aliphatic heterocycles. The van der Waals surface area contributed by atoms with Gasteiger partial charge in [-0.2, -0.15) is 4.37 Å². The maximum atomic E-state index is 4.48. The van der Waals surface area contributed by atoms with Crippen LogP contribution in [0.1, 0.15) is 13.8 Å². The Morgan fingerprint density at radius 2 is 2.11 bits per heavy atom. The molecule has 3 nitrogen and oxygen atoms in total. The number of likely N-dealkylation sites (N-methyl/N-ethyl adjacent to an activating group) is 1. The van der Waals surface area contributed by atoms with Gasteiger partial charge in [0.15, 0.2) is 0 Å². The van der Waals surface area contributed by atoms with Crippen LogP contribution in [0.4, 0.5) is 5.00 Å². The van der Waals surface area contributed by atoms with Crippen molar-refractivity contribution in [2.75, 3.05) is 31.6 Å². The summed E-state index contributed by atoms with van der Waals surface area (Å²) in [6, 6.07) is 8.33. The highest BCUT2D eigenvalue weighted by Gasteiger charge is 2.09. The molecule has 2 rings (SSSR count). The summed E-state index contributed by atoms with van der Waals surface area (Å²) in [5.41, 5.74) is 1.10. The van der Waals surface area contributed by atoms with Crippen molar-refractivity contribution in [2.24, 2.45) is 5.92 Å². The van der Waals surface area contributed by atoms with E-state index in [2.05, 4.69) is 53.7 Å². The predicted molar refractivity (Wildman–Crippen MR) is 80.6 cm³/mol. The van der Waals surface area contributed by atoms with Gasteiger partial charge in [-0.1, -0.05) is 26.0 Å². The lowest BCUT2D eigenvalue weighted by Gasteiger charge is -2.18. The highest BCUT2D eigenvalue weighted by Crippen LogP contribution is 2.29. The molecule has 0 aliphatic carbocycles. The van der Waals surface area contributed by atoms with Crippen LogP contribution in [0.15, 0.2) is 24.3 Å². The maximum absolute atomic E-state index is 4.48. The standard InChI is InChI=1S/C14H21N3S/c1-11(2)10-15-8-9-17(3)14-12-6-4-5-7-13(12)16-18-14/h4-7,11,15H,8-10H2,1-3H3. The van der Waals surface area contributed by atoms with Crippen molar-refractivity contribution in [3.8, 4) is 0 Å². The quantitative estimate of drug-likeness (QED) is 0.812. The van der Waals surface area contributed by atoms with E-state index in [1.165, 1.54) is 10.4 Å². The number of fused-ring (bicyclic) bond motifs is 1. The van der Waals surface area contributed by atoms with Gasteiger partial charge in [-0.25, -0.2) is 0 Å². The molecule has 1 heterocycles. The fourth-order valence-electron chi connectivity index (χ4n) is 1.89. The minimum atomic E-state index is 0.708. The first-order chi connectivity index (χ1) is 8.68. The van der Waals surface area contributed by atoms with Crippen LogP contribution in [0.5, 0.6) is 0 Å². The smallest absolute Gasteiger partial charge is 0.119 e. The number of hydrogen-bond donors (Lipinski definition) is 1. The zero-order chi connectivity index (χ0) is 13.0. The van der Waals surface area contributed by atoms with Crippen LogP contribution >= 0.6 is 11.5 Å². The number of hydrogen-bond acceptors (Lipinski definition) is 4. The number of rotatable bonds is 6. The third-order valence-corrected chi connectivity index (χ3v) is 3.88. The van der Waals surface area contributed by atoms with Crippen LogP contribution in [0.25, 0.3) is 10.9 Å². The highest BCUT2D eigenvalue weighted by molar-refractivity contribution is 7.11. The van der Waals surface area contributed by atoms with Gasteiger partial charge in [0.1, 0.15) is 5.00 Å². The Labute approximate surface area is 113 Å². The number of aromatic nitrogens is 1. The number of nitrogens with zero attached hydrogens (tertiary/aromatic N) is 2. The van der Waals surface area contributed by atoms with Gasteiger partial charge in [-0.3, -0.25) is 0 Å². The maximum Gasteiger partial charge on any atom is 0.119 e. The molecule has 1 N–H and O–H groups in total. The average Bonchev–Trinajstić information content (AvgIpc) is 2.78. The summed E-state index contributed by atoms with van der Waals surface area (Å²) in [7, 11) is 2.14. The molecule has 98 valence electrons. The zero-order valence-corrected chi connectivity index (χ0v) is 12.1. The second-order valence-corrected chi connectivity index (χ2v) is 5.78. The van der Waals surface area contributed by atoms with E-state index in [0.717, 1.165) is 25.2 Å². The summed E-state index contributed by atoms with van der Waals surface area (Å²) < 4.78 is 4.48. The van der Waals surface area contributed by atoms with Crippen molar-refractivity contribution in [1.82, 2.24) is 9.69 Å². The topological polar surface area (TPSA) is 28.2 Å². The van der Waals surface area contributed by atoms with Gasteiger partial charge < -0.3 is 10.2 Å². The molecule has 0 saturated heterocycles. The minimum absolute atomic E-state index is 0.708. The first-order valence-electron chi connectivity index (χ1n) is 6.44. The molecule has 1 aromatic carbocycles. The third-order valence-electron chi connectivity index (χ3n) is 2.89. The van der Waals surface area contributed by atoms with E-state index < -0.39 is 0 Å². The lowest BCUT2D eigenvalue weighted by Crippen LogP contribution is -2.30. The van der Waals surface area contributed by atoms with E-state index in [9.17, 15) is 0 Å². The molecule has 0 atom stereocenters. The Kier molecular flexibility index (Phi) is 4.55.